The Balaban J connectivity index is 2.52. The van der Waals surface area contributed by atoms with Gasteiger partial charge in [-0.25, -0.2) is 0 Å². The molecule has 0 bridgehead atoms. The van der Waals surface area contributed by atoms with Crippen LogP contribution in [0.5, 0.6) is 0 Å². The maximum atomic E-state index is 11.6. The summed E-state index contributed by atoms with van der Waals surface area (Å²) in [6.45, 7) is 0. The second kappa shape index (κ2) is 4.36. The van der Waals surface area contributed by atoms with Crippen LogP contribution in [-0.2, 0) is 9.59 Å². The van der Waals surface area contributed by atoms with Crippen molar-refractivity contribution in [1.29, 1.82) is 0 Å². The Morgan fingerprint density at radius 2 is 1.88 bits per heavy atom. The van der Waals surface area contributed by atoms with Gasteiger partial charge in [0.05, 0.1) is 0 Å². The number of carbonyl (C=O) groups excluding carboxylic acids is 2. The predicted molar refractivity (Wildman–Crippen MR) is 66.3 cm³/mol. The van der Waals surface area contributed by atoms with Crippen LogP contribution in [-0.4, -0.2) is 11.6 Å². The van der Waals surface area contributed by atoms with Gasteiger partial charge in [-0.2, -0.15) is 0 Å². The summed E-state index contributed by atoms with van der Waals surface area (Å²) in [6.07, 6.45) is 3.81. The van der Waals surface area contributed by atoms with Gasteiger partial charge in [-0.1, -0.05) is 33.6 Å². The van der Waals surface area contributed by atoms with Gasteiger partial charge in [-0.3, -0.25) is 9.59 Å². The third-order valence-corrected chi connectivity index (χ3v) is 2.98. The molecule has 1 aromatic carbocycles. The maximum absolute atomic E-state index is 11.6. The predicted octanol–water partition coefficient (Wildman–Crippen LogP) is 3.19. The highest BCUT2D eigenvalue weighted by Gasteiger charge is 2.17. The second-order valence-electron chi connectivity index (χ2n) is 3.28. The van der Waals surface area contributed by atoms with Crippen molar-refractivity contribution in [2.75, 3.05) is 0 Å². The first kappa shape index (κ1) is 11.3. The van der Waals surface area contributed by atoms with Crippen molar-refractivity contribution in [3.8, 4) is 0 Å². The minimum absolute atomic E-state index is 0.200. The Kier molecular flexibility index (Phi) is 3.08. The third-order valence-electron chi connectivity index (χ3n) is 2.17. The number of hydrogen-bond acceptors (Lipinski definition) is 2. The van der Waals surface area contributed by atoms with E-state index >= 15 is 0 Å². The zero-order valence-corrected chi connectivity index (χ0v) is 10.4. The molecule has 2 nitrogen and oxygen atoms in total. The largest absolute Gasteiger partial charge is 0.290 e. The van der Waals surface area contributed by atoms with Crippen molar-refractivity contribution in [3.05, 3.63) is 51.5 Å². The van der Waals surface area contributed by atoms with Crippen molar-refractivity contribution in [2.24, 2.45) is 0 Å². The maximum Gasteiger partial charge on any atom is 0.186 e. The number of benzene rings is 1. The fraction of sp³-hybridized carbons (Fsp3) is 0. The Hall–Kier alpha value is -1.19. The second-order valence-corrected chi connectivity index (χ2v) is 4.61. The van der Waals surface area contributed by atoms with Crippen LogP contribution in [0.15, 0.2) is 40.9 Å². The van der Waals surface area contributed by atoms with Crippen LogP contribution in [0.2, 0.25) is 5.02 Å². The van der Waals surface area contributed by atoms with E-state index < -0.39 is 0 Å². The molecule has 4 heteroatoms. The number of ketones is 2. The van der Waals surface area contributed by atoms with E-state index in [1.807, 2.05) is 0 Å². The highest BCUT2D eigenvalue weighted by molar-refractivity contribution is 9.10. The van der Waals surface area contributed by atoms with E-state index in [4.69, 9.17) is 11.6 Å². The minimum Gasteiger partial charge on any atom is -0.290 e. The summed E-state index contributed by atoms with van der Waals surface area (Å²) >= 11 is 9.29. The zero-order chi connectivity index (χ0) is 11.7. The number of halogens is 2. The molecular formula is C12H6BrClO2. The number of carbonyl (C=O) groups is 2. The summed E-state index contributed by atoms with van der Waals surface area (Å²) in [5.74, 6) is -0.405. The van der Waals surface area contributed by atoms with Crippen LogP contribution in [0.3, 0.4) is 0 Å². The molecule has 1 aliphatic rings. The Bertz CT molecular complexity index is 544. The first-order chi connectivity index (χ1) is 7.58. The van der Waals surface area contributed by atoms with Crippen LogP contribution >= 0.6 is 27.5 Å². The molecule has 0 heterocycles. The molecule has 0 amide bonds. The summed E-state index contributed by atoms with van der Waals surface area (Å²) in [5, 5.41) is 0.442. The van der Waals surface area contributed by atoms with Crippen molar-refractivity contribution in [1.82, 2.24) is 0 Å². The summed E-state index contributed by atoms with van der Waals surface area (Å²) in [5.41, 5.74) is 0.914. The van der Waals surface area contributed by atoms with E-state index in [-0.39, 0.29) is 11.6 Å². The van der Waals surface area contributed by atoms with Gasteiger partial charge >= 0.3 is 0 Å². The molecule has 0 fully saturated rings. The topological polar surface area (TPSA) is 34.1 Å². The molecule has 80 valence electrons. The van der Waals surface area contributed by atoms with Gasteiger partial charge in [-0.05, 0) is 30.4 Å². The minimum atomic E-state index is -0.205. The normalized spacial score (nSPS) is 15.2. The highest BCUT2D eigenvalue weighted by atomic mass is 79.9. The van der Waals surface area contributed by atoms with E-state index in [2.05, 4.69) is 15.9 Å². The van der Waals surface area contributed by atoms with Crippen LogP contribution in [0.1, 0.15) is 5.56 Å². The van der Waals surface area contributed by atoms with Gasteiger partial charge in [0.15, 0.2) is 11.6 Å². The highest BCUT2D eigenvalue weighted by Crippen LogP contribution is 2.29. The zero-order valence-electron chi connectivity index (χ0n) is 8.04. The van der Waals surface area contributed by atoms with Crippen molar-refractivity contribution in [3.63, 3.8) is 0 Å². The fourth-order valence-electron chi connectivity index (χ4n) is 1.43. The van der Waals surface area contributed by atoms with Gasteiger partial charge in [0, 0.05) is 20.6 Å². The fourth-order valence-corrected chi connectivity index (χ4v) is 2.20. The molecule has 0 aliphatic heterocycles. The molecule has 0 saturated carbocycles. The molecular weight excluding hydrogens is 291 g/mol. The first-order valence-electron chi connectivity index (χ1n) is 4.51. The number of hydrogen-bond donors (Lipinski definition) is 0. The lowest BCUT2D eigenvalue weighted by Gasteiger charge is -2.09. The van der Waals surface area contributed by atoms with Crippen molar-refractivity contribution < 1.29 is 9.59 Å². The van der Waals surface area contributed by atoms with E-state index in [1.54, 1.807) is 18.2 Å². The van der Waals surface area contributed by atoms with Gasteiger partial charge in [-0.15, -0.1) is 0 Å². The molecule has 0 unspecified atom stereocenters. The molecule has 2 rings (SSSR count). The first-order valence-corrected chi connectivity index (χ1v) is 5.68. The quantitative estimate of drug-likeness (QED) is 0.746. The van der Waals surface area contributed by atoms with E-state index in [0.717, 1.165) is 4.47 Å². The van der Waals surface area contributed by atoms with Gasteiger partial charge in [0.2, 0.25) is 0 Å². The molecule has 1 aliphatic carbocycles. The van der Waals surface area contributed by atoms with Crippen LogP contribution < -0.4 is 0 Å². The van der Waals surface area contributed by atoms with Gasteiger partial charge < -0.3 is 0 Å². The van der Waals surface area contributed by atoms with E-state index in [0.29, 0.717) is 16.2 Å². The lowest BCUT2D eigenvalue weighted by Crippen LogP contribution is -2.06. The number of allylic oxidation sites excluding steroid dienone is 4. The molecule has 0 saturated heterocycles. The van der Waals surface area contributed by atoms with E-state index in [9.17, 15) is 9.59 Å². The Morgan fingerprint density at radius 3 is 2.56 bits per heavy atom. The van der Waals surface area contributed by atoms with Crippen molar-refractivity contribution in [2.45, 2.75) is 0 Å². The van der Waals surface area contributed by atoms with Crippen LogP contribution in [0, 0.1) is 0 Å². The Morgan fingerprint density at radius 1 is 1.12 bits per heavy atom. The summed E-state index contributed by atoms with van der Waals surface area (Å²) in [7, 11) is 0. The molecule has 0 radical (unpaired) electrons. The third kappa shape index (κ3) is 2.15. The lowest BCUT2D eigenvalue weighted by atomic mass is 9.96. The molecule has 0 atom stereocenters. The molecule has 1 aromatic rings. The lowest BCUT2D eigenvalue weighted by molar-refractivity contribution is -0.113. The van der Waals surface area contributed by atoms with Crippen LogP contribution in [0.4, 0.5) is 0 Å². The molecule has 0 spiro atoms. The average molecular weight is 298 g/mol. The van der Waals surface area contributed by atoms with E-state index in [1.165, 1.54) is 18.2 Å². The average Bonchev–Trinajstić information content (AvgIpc) is 2.22. The number of rotatable bonds is 1. The Labute approximate surface area is 106 Å². The summed E-state index contributed by atoms with van der Waals surface area (Å²) in [4.78, 5) is 22.8. The van der Waals surface area contributed by atoms with Crippen LogP contribution in [0.25, 0.3) is 5.57 Å². The van der Waals surface area contributed by atoms with Gasteiger partial charge in [0.25, 0.3) is 0 Å². The summed E-state index contributed by atoms with van der Waals surface area (Å²) in [6, 6.07) is 5.18. The van der Waals surface area contributed by atoms with Crippen molar-refractivity contribution >= 4 is 44.7 Å². The summed E-state index contributed by atoms with van der Waals surface area (Å²) < 4.78 is 0.826. The smallest absolute Gasteiger partial charge is 0.186 e. The molecule has 0 N–H and O–H groups in total. The monoisotopic (exact) mass is 296 g/mol. The molecule has 0 aromatic heterocycles. The van der Waals surface area contributed by atoms with Gasteiger partial charge in [0.1, 0.15) is 0 Å². The molecule has 16 heavy (non-hydrogen) atoms. The standard InChI is InChI=1S/C12H6BrClO2/c13-7-1-3-9(11(14)5-7)10-6-8(15)2-4-12(10)16/h1-6H. The SMILES string of the molecule is O=C1C=CC(=O)C(c2ccc(Br)cc2Cl)=C1.